The van der Waals surface area contributed by atoms with Crippen molar-refractivity contribution in [2.24, 2.45) is 0 Å². The molecule has 1 N–H and O–H groups in total. The number of carboxylic acids is 1. The van der Waals surface area contributed by atoms with E-state index in [4.69, 9.17) is 13.9 Å². The van der Waals surface area contributed by atoms with E-state index < -0.39 is 5.97 Å². The van der Waals surface area contributed by atoms with Gasteiger partial charge in [0.25, 0.3) is 0 Å². The zero-order valence-corrected chi connectivity index (χ0v) is 31.9. The van der Waals surface area contributed by atoms with Crippen molar-refractivity contribution < 1.29 is 38.8 Å². The number of fused-ring (bicyclic) bond motifs is 8. The Balaban J connectivity index is 0.000000128. The van der Waals surface area contributed by atoms with Crippen LogP contribution in [0.2, 0.25) is 0 Å². The number of carbonyl (C=O) groups is 1. The van der Waals surface area contributed by atoms with Gasteiger partial charge in [-0.3, -0.25) is 9.97 Å². The third-order valence-corrected chi connectivity index (χ3v) is 9.29. The fraction of sp³-hybridized carbons (Fsp3) is 0. The van der Waals surface area contributed by atoms with Gasteiger partial charge in [0.2, 0.25) is 0 Å². The molecular weight excluding hydrogens is 875 g/mol. The molecule has 0 amide bonds. The molecule has 0 fully saturated rings. The molecule has 0 bridgehead atoms. The number of aromatic carboxylic acids is 1. The van der Waals surface area contributed by atoms with Gasteiger partial charge >= 0.3 is 5.97 Å². The van der Waals surface area contributed by atoms with Gasteiger partial charge in [-0.1, -0.05) is 101 Å². The summed E-state index contributed by atoms with van der Waals surface area (Å²) in [7, 11) is 0. The van der Waals surface area contributed by atoms with Crippen LogP contribution in [0.25, 0.3) is 87.9 Å². The zero-order chi connectivity index (χ0) is 37.1. The summed E-state index contributed by atoms with van der Waals surface area (Å²) in [6.07, 6.45) is 5.04. The van der Waals surface area contributed by atoms with Crippen LogP contribution in [0, 0.1) is 12.1 Å². The summed E-state index contributed by atoms with van der Waals surface area (Å²) in [6, 6.07) is 56.6. The molecule has 0 unspecified atom stereocenters. The van der Waals surface area contributed by atoms with Crippen LogP contribution in [0.4, 0.5) is 0 Å². The Hall–Kier alpha value is -6.99. The molecule has 11 rings (SSSR count). The van der Waals surface area contributed by atoms with E-state index in [9.17, 15) is 4.79 Å². The van der Waals surface area contributed by atoms with Gasteiger partial charge in [0.1, 0.15) is 28.0 Å². The molecule has 56 heavy (non-hydrogen) atoms. The maximum Gasteiger partial charge on any atom is 0.354 e. The minimum atomic E-state index is -0.990. The quantitative estimate of drug-likeness (QED) is 0.176. The predicted octanol–water partition coefficient (Wildman–Crippen LogP) is 12.0. The minimum absolute atomic E-state index is 0. The van der Waals surface area contributed by atoms with Gasteiger partial charge < -0.3 is 13.9 Å². The Morgan fingerprint density at radius 2 is 0.929 bits per heavy atom. The van der Waals surface area contributed by atoms with E-state index in [2.05, 4.69) is 87.7 Å². The normalized spacial score (nSPS) is 10.9. The van der Waals surface area contributed by atoms with Crippen molar-refractivity contribution in [3.63, 3.8) is 0 Å². The number of aromatic nitrogens is 3. The van der Waals surface area contributed by atoms with E-state index in [1.807, 2.05) is 72.8 Å². The molecule has 271 valence electrons. The number of pyridine rings is 3. The number of furan rings is 2. The molecular formula is C48H29IrN3O4-2. The third-order valence-electron chi connectivity index (χ3n) is 9.29. The number of nitrogens with zero attached hydrogens (tertiary/aromatic N) is 3. The summed E-state index contributed by atoms with van der Waals surface area (Å²) in [4.78, 5) is 22.9. The summed E-state index contributed by atoms with van der Waals surface area (Å²) in [6.45, 7) is 0. The Kier molecular flexibility index (Phi) is 10.1. The third kappa shape index (κ3) is 7.03. The van der Waals surface area contributed by atoms with Crippen molar-refractivity contribution in [1.82, 2.24) is 15.0 Å². The molecule has 0 aliphatic rings. The van der Waals surface area contributed by atoms with Crippen molar-refractivity contribution in [1.29, 1.82) is 0 Å². The average Bonchev–Trinajstić information content (AvgIpc) is 3.83. The van der Waals surface area contributed by atoms with Gasteiger partial charge in [-0.15, -0.1) is 59.3 Å². The van der Waals surface area contributed by atoms with Crippen LogP contribution in [-0.2, 0) is 20.1 Å². The Bertz CT molecular complexity index is 2970. The largest absolute Gasteiger partial charge is 0.477 e. The van der Waals surface area contributed by atoms with Crippen molar-refractivity contribution in [2.75, 3.05) is 0 Å². The van der Waals surface area contributed by atoms with Crippen molar-refractivity contribution >= 4 is 71.4 Å². The fourth-order valence-corrected chi connectivity index (χ4v) is 6.75. The second-order valence-corrected chi connectivity index (χ2v) is 12.7. The molecule has 7 nitrogen and oxygen atoms in total. The monoisotopic (exact) mass is 904 g/mol. The fourth-order valence-electron chi connectivity index (χ4n) is 6.75. The topological polar surface area (TPSA) is 102 Å². The van der Waals surface area contributed by atoms with E-state index in [1.165, 1.54) is 23.0 Å². The molecule has 0 atom stereocenters. The molecule has 0 aliphatic carbocycles. The van der Waals surface area contributed by atoms with E-state index in [0.717, 1.165) is 77.2 Å². The van der Waals surface area contributed by atoms with Crippen molar-refractivity contribution in [2.45, 2.75) is 0 Å². The van der Waals surface area contributed by atoms with Crippen LogP contribution in [-0.4, -0.2) is 26.0 Å². The summed E-state index contributed by atoms with van der Waals surface area (Å²) in [5.74, 6) is -0.990. The van der Waals surface area contributed by atoms with Crippen LogP contribution in [0.5, 0.6) is 0 Å². The standard InChI is InChI=1S/2C21H12NO.C6H5NO2.Ir/c2*1-2-6-15-13-16(10-9-14(15)5-1)21-20-17-7-3-4-8-18(17)23-19(20)11-12-22-21;8-6(9)5-3-1-2-4-7-5;/h2*1-12H;1-4H,(H,8,9);/q2*-1;;. The summed E-state index contributed by atoms with van der Waals surface area (Å²) in [5, 5.41) is 17.2. The van der Waals surface area contributed by atoms with Gasteiger partial charge in [0, 0.05) is 71.6 Å². The molecule has 1 radical (unpaired) electrons. The van der Waals surface area contributed by atoms with E-state index >= 15 is 0 Å². The number of hydrogen-bond acceptors (Lipinski definition) is 6. The van der Waals surface area contributed by atoms with Crippen LogP contribution in [0.15, 0.2) is 179 Å². The van der Waals surface area contributed by atoms with Gasteiger partial charge in [0.15, 0.2) is 0 Å². The SMILES string of the molecule is O=C(O)c1ccccn1.[Ir].[c-]1c(-c2nccc3oc4ccccc4c23)ccc2ccccc12.[c-]1c(-c2nccc3oc4ccccc4c23)ccc2ccccc12. The molecule has 0 spiro atoms. The minimum Gasteiger partial charge on any atom is -0.477 e. The molecule has 0 saturated heterocycles. The molecule has 8 heteroatoms. The van der Waals surface area contributed by atoms with Crippen LogP contribution in [0.3, 0.4) is 0 Å². The number of carboxylic acid groups (broad SMARTS) is 1. The van der Waals surface area contributed by atoms with Gasteiger partial charge in [-0.25, -0.2) is 9.78 Å². The van der Waals surface area contributed by atoms with Crippen LogP contribution < -0.4 is 0 Å². The first-order chi connectivity index (χ1) is 27.1. The molecule has 0 saturated carbocycles. The molecule has 11 aromatic rings. The van der Waals surface area contributed by atoms with Crippen molar-refractivity contribution in [3.05, 3.63) is 188 Å². The van der Waals surface area contributed by atoms with E-state index in [0.29, 0.717) is 0 Å². The Morgan fingerprint density at radius 3 is 1.39 bits per heavy atom. The molecule has 6 aromatic carbocycles. The molecule has 0 aliphatic heterocycles. The van der Waals surface area contributed by atoms with Crippen LogP contribution in [0.1, 0.15) is 10.5 Å². The first-order valence-electron chi connectivity index (χ1n) is 17.6. The summed E-state index contributed by atoms with van der Waals surface area (Å²) >= 11 is 0. The predicted molar refractivity (Wildman–Crippen MR) is 218 cm³/mol. The number of benzene rings is 6. The first-order valence-corrected chi connectivity index (χ1v) is 17.6. The maximum atomic E-state index is 10.1. The summed E-state index contributed by atoms with van der Waals surface area (Å²) < 4.78 is 11.9. The summed E-state index contributed by atoms with van der Waals surface area (Å²) in [5.41, 5.74) is 7.38. The average molecular weight is 904 g/mol. The second kappa shape index (κ2) is 15.8. The number of para-hydroxylation sites is 2. The van der Waals surface area contributed by atoms with Crippen molar-refractivity contribution in [3.8, 4) is 22.5 Å². The smallest absolute Gasteiger partial charge is 0.354 e. The first kappa shape index (κ1) is 36.0. The van der Waals surface area contributed by atoms with Crippen LogP contribution >= 0.6 is 0 Å². The van der Waals surface area contributed by atoms with E-state index in [-0.39, 0.29) is 25.8 Å². The zero-order valence-electron chi connectivity index (χ0n) is 29.5. The molecule has 5 aromatic heterocycles. The van der Waals surface area contributed by atoms with Gasteiger partial charge in [0.05, 0.1) is 0 Å². The Morgan fingerprint density at radius 1 is 0.464 bits per heavy atom. The maximum absolute atomic E-state index is 10.1. The number of hydrogen-bond donors (Lipinski definition) is 1. The van der Waals surface area contributed by atoms with E-state index in [1.54, 1.807) is 24.5 Å². The van der Waals surface area contributed by atoms with Gasteiger partial charge in [-0.2, -0.15) is 0 Å². The van der Waals surface area contributed by atoms with Gasteiger partial charge in [-0.05, 0) is 36.4 Å². The number of rotatable bonds is 3. The Labute approximate surface area is 334 Å². The second-order valence-electron chi connectivity index (χ2n) is 12.7. The molecule has 5 heterocycles.